The predicted octanol–water partition coefficient (Wildman–Crippen LogP) is -3.50. The van der Waals surface area contributed by atoms with Gasteiger partial charge in [-0.15, -0.1) is 0 Å². The highest BCUT2D eigenvalue weighted by atomic mass is 16.4. The summed E-state index contributed by atoms with van der Waals surface area (Å²) in [6.07, 6.45) is -5.18. The van der Waals surface area contributed by atoms with E-state index in [-0.39, 0.29) is 0 Å². The van der Waals surface area contributed by atoms with Crippen LogP contribution in [0.25, 0.3) is 0 Å². The van der Waals surface area contributed by atoms with Crippen molar-refractivity contribution in [3.8, 4) is 0 Å². The van der Waals surface area contributed by atoms with Gasteiger partial charge in [-0.25, -0.2) is 0 Å². The van der Waals surface area contributed by atoms with Crippen LogP contribution in [0, 0.1) is 0 Å². The molecule has 0 aromatic carbocycles. The highest BCUT2D eigenvalue weighted by molar-refractivity contribution is 6.45. The molecule has 0 spiro atoms. The molecule has 0 amide bonds. The number of ketones is 4. The minimum atomic E-state index is -4.00. The summed E-state index contributed by atoms with van der Waals surface area (Å²) in [5.41, 5.74) is -7.88. The first-order valence-corrected chi connectivity index (χ1v) is 5.44. The molecule has 0 aliphatic rings. The van der Waals surface area contributed by atoms with Crippen LogP contribution in [0.5, 0.6) is 0 Å². The van der Waals surface area contributed by atoms with Crippen LogP contribution in [0.1, 0.15) is 24.8 Å². The number of aliphatic hydroxyl groups is 5. The second-order valence-electron chi connectivity index (χ2n) is 4.27. The van der Waals surface area contributed by atoms with Crippen molar-refractivity contribution >= 4 is 23.1 Å². The second kappa shape index (κ2) is 6.50. The number of Topliss-reactive ketones (excluding diaryl/α,β-unsaturated/α-hetero) is 4. The summed E-state index contributed by atoms with van der Waals surface area (Å²) in [6.45, 7) is -5.36. The van der Waals surface area contributed by atoms with Gasteiger partial charge in [-0.2, -0.15) is 0 Å². The lowest BCUT2D eigenvalue weighted by molar-refractivity contribution is -0.216. The summed E-state index contributed by atoms with van der Waals surface area (Å²) in [6, 6.07) is 0. The Labute approximate surface area is 124 Å². The van der Waals surface area contributed by atoms with Gasteiger partial charge in [0.1, 0.15) is 12.2 Å². The topological polar surface area (TPSA) is 169 Å². The maximum absolute atomic E-state index is 12.0. The third-order valence-electron chi connectivity index (χ3n) is 2.94. The first-order valence-electron chi connectivity index (χ1n) is 7.56. The fourth-order valence-corrected chi connectivity index (χ4v) is 1.67. The Bertz CT molecular complexity index is 526. The first-order chi connectivity index (χ1) is 11.0. The molecular weight excluding hydrogens is 288 g/mol. The Hall–Kier alpha value is -1.52. The van der Waals surface area contributed by atoms with E-state index in [1.54, 1.807) is 0 Å². The summed E-state index contributed by atoms with van der Waals surface area (Å²) in [5, 5.41) is 48.9. The normalized spacial score (nSPS) is 21.7. The van der Waals surface area contributed by atoms with Crippen LogP contribution in [0.15, 0.2) is 0 Å². The average Bonchev–Trinajstić information content (AvgIpc) is 2.61. The van der Waals surface area contributed by atoms with Gasteiger partial charge in [0.25, 0.3) is 0 Å². The van der Waals surface area contributed by atoms with Crippen molar-refractivity contribution in [2.24, 2.45) is 0 Å². The van der Waals surface area contributed by atoms with Gasteiger partial charge >= 0.3 is 0 Å². The molecule has 0 bridgehead atoms. The van der Waals surface area contributed by atoms with Crippen LogP contribution in [0.2, 0.25) is 0 Å². The van der Waals surface area contributed by atoms with Crippen molar-refractivity contribution in [2.45, 2.75) is 44.1 Å². The zero-order valence-electron chi connectivity index (χ0n) is 13.9. The van der Waals surface area contributed by atoms with Crippen molar-refractivity contribution in [3.05, 3.63) is 0 Å². The Kier molecular flexibility index (Phi) is 4.46. The van der Waals surface area contributed by atoms with E-state index >= 15 is 0 Å². The SMILES string of the molecule is [2H]CC(=O)C(=O)[C@@](O)(C(=O)C[2H])[C@](O)(C(=O)C[2H])[C@H](O)[C@H](O)CO. The Morgan fingerprint density at radius 2 is 1.57 bits per heavy atom. The lowest BCUT2D eigenvalue weighted by Crippen LogP contribution is -2.74. The molecule has 9 nitrogen and oxygen atoms in total. The third-order valence-corrected chi connectivity index (χ3v) is 2.94. The van der Waals surface area contributed by atoms with E-state index in [2.05, 4.69) is 0 Å². The monoisotopic (exact) mass is 309 g/mol. The molecule has 0 unspecified atom stereocenters. The van der Waals surface area contributed by atoms with Gasteiger partial charge in [0.15, 0.2) is 23.0 Å². The molecule has 120 valence electrons. The van der Waals surface area contributed by atoms with Gasteiger partial charge < -0.3 is 25.5 Å². The number of carbonyl (C=O) groups is 4. The van der Waals surface area contributed by atoms with Crippen molar-refractivity contribution in [1.82, 2.24) is 0 Å². The van der Waals surface area contributed by atoms with Crippen LogP contribution >= 0.6 is 0 Å². The molecule has 0 aliphatic heterocycles. The quantitative estimate of drug-likeness (QED) is 0.225. The van der Waals surface area contributed by atoms with Crippen LogP contribution in [-0.2, 0) is 19.2 Å². The molecule has 0 fully saturated rings. The standard InChI is InChI=1S/C12H18O9/c1-5(14)9(18)11(20,6(2)15)12(21,7(3)16)10(19)8(17)4-13/h8,10,13,17,19-21H,4H2,1-3H3/t8-,10-,11+,12+/m1/s1/i1D,2D,3D. The highest BCUT2D eigenvalue weighted by Gasteiger charge is 2.66. The van der Waals surface area contributed by atoms with E-state index in [0.29, 0.717) is 0 Å². The summed E-state index contributed by atoms with van der Waals surface area (Å²) < 4.78 is 20.7. The predicted molar refractivity (Wildman–Crippen MR) is 66.0 cm³/mol. The van der Waals surface area contributed by atoms with E-state index < -0.39 is 73.8 Å². The maximum Gasteiger partial charge on any atom is 0.240 e. The molecule has 21 heavy (non-hydrogen) atoms. The number of carbonyl (C=O) groups excluding carboxylic acids is 4. The Balaban J connectivity index is 6.62. The molecule has 4 atom stereocenters. The smallest absolute Gasteiger partial charge is 0.240 e. The fourth-order valence-electron chi connectivity index (χ4n) is 1.67. The zero-order chi connectivity index (χ0) is 19.3. The molecule has 0 saturated heterocycles. The number of aliphatic hydroxyl groups excluding tert-OH is 3. The minimum Gasteiger partial charge on any atom is -0.394 e. The van der Waals surface area contributed by atoms with Crippen LogP contribution in [0.4, 0.5) is 0 Å². The average molecular weight is 309 g/mol. The lowest BCUT2D eigenvalue weighted by atomic mass is 9.69. The number of hydrogen-bond acceptors (Lipinski definition) is 9. The lowest BCUT2D eigenvalue weighted by Gasteiger charge is -2.42. The third kappa shape index (κ3) is 2.92. The minimum absolute atomic E-state index is 1.28. The van der Waals surface area contributed by atoms with Gasteiger partial charge in [-0.05, 0) is 13.8 Å². The van der Waals surface area contributed by atoms with E-state index in [1.165, 1.54) is 0 Å². The highest BCUT2D eigenvalue weighted by Crippen LogP contribution is 2.31. The molecule has 0 aromatic rings. The second-order valence-corrected chi connectivity index (χ2v) is 4.27. The first kappa shape index (κ1) is 14.4. The van der Waals surface area contributed by atoms with Gasteiger partial charge in [0.2, 0.25) is 11.4 Å². The molecule has 0 rings (SSSR count). The molecule has 0 saturated carbocycles. The molecule has 9 heteroatoms. The molecular formula is C12H18O9. The number of rotatable bonds is 8. The van der Waals surface area contributed by atoms with E-state index in [9.17, 15) is 39.6 Å². The summed E-state index contributed by atoms with van der Waals surface area (Å²) >= 11 is 0. The van der Waals surface area contributed by atoms with Crippen molar-refractivity contribution in [2.75, 3.05) is 6.61 Å². The fraction of sp³-hybridized carbons (Fsp3) is 0.667. The van der Waals surface area contributed by atoms with E-state index in [0.717, 1.165) is 0 Å². The molecule has 0 radical (unpaired) electrons. The van der Waals surface area contributed by atoms with Crippen molar-refractivity contribution in [3.63, 3.8) is 0 Å². The van der Waals surface area contributed by atoms with Gasteiger partial charge in [0, 0.05) is 11.0 Å². The van der Waals surface area contributed by atoms with E-state index in [4.69, 9.17) is 9.22 Å². The Morgan fingerprint density at radius 1 is 1.05 bits per heavy atom. The zero-order valence-corrected chi connectivity index (χ0v) is 10.9. The van der Waals surface area contributed by atoms with Crippen LogP contribution in [0.3, 0.4) is 0 Å². The summed E-state index contributed by atoms with van der Waals surface area (Å²) in [7, 11) is 0. The molecule has 0 aromatic heterocycles. The van der Waals surface area contributed by atoms with Gasteiger partial charge in [0.05, 0.1) is 6.61 Å². The van der Waals surface area contributed by atoms with Gasteiger partial charge in [-0.3, -0.25) is 19.2 Å². The molecule has 5 N–H and O–H groups in total. The van der Waals surface area contributed by atoms with Crippen molar-refractivity contribution in [1.29, 1.82) is 0 Å². The maximum atomic E-state index is 12.0. The molecule has 0 heterocycles. The van der Waals surface area contributed by atoms with Crippen LogP contribution in [-0.4, -0.2) is 78.7 Å². The summed E-state index contributed by atoms with van der Waals surface area (Å²) in [5.74, 6) is -7.56. The van der Waals surface area contributed by atoms with Crippen molar-refractivity contribution < 1.29 is 48.8 Å². The summed E-state index contributed by atoms with van der Waals surface area (Å²) in [4.78, 5) is 47.2. The number of hydrogen-bond donors (Lipinski definition) is 5. The largest absolute Gasteiger partial charge is 0.394 e. The Morgan fingerprint density at radius 3 is 1.95 bits per heavy atom. The molecule has 0 aliphatic carbocycles. The van der Waals surface area contributed by atoms with E-state index in [1.807, 2.05) is 0 Å². The van der Waals surface area contributed by atoms with Crippen LogP contribution < -0.4 is 0 Å². The van der Waals surface area contributed by atoms with Gasteiger partial charge in [-0.1, -0.05) is 0 Å².